The molecule has 160 valence electrons. The molecular weight excluding hydrogens is 390 g/mol. The SMILES string of the molecule is O=C(O)C1CCN(CCOc2ccc(Oc3ccc(-c4ccccc4)cc3)cc2)CC1. The molecule has 1 N–H and O–H groups in total. The first-order valence-electron chi connectivity index (χ1n) is 10.7. The zero-order chi connectivity index (χ0) is 21.5. The molecule has 1 fully saturated rings. The van der Waals surface area contributed by atoms with E-state index >= 15 is 0 Å². The van der Waals surface area contributed by atoms with Crippen molar-refractivity contribution in [3.05, 3.63) is 78.9 Å². The lowest BCUT2D eigenvalue weighted by atomic mass is 9.97. The second-order valence-corrected chi connectivity index (χ2v) is 7.77. The van der Waals surface area contributed by atoms with Crippen LogP contribution in [0.4, 0.5) is 0 Å². The van der Waals surface area contributed by atoms with Crippen LogP contribution in [0.1, 0.15) is 12.8 Å². The molecule has 0 bridgehead atoms. The molecule has 1 saturated heterocycles. The predicted octanol–water partition coefficient (Wildman–Crippen LogP) is 5.32. The van der Waals surface area contributed by atoms with Crippen LogP contribution in [0.25, 0.3) is 11.1 Å². The van der Waals surface area contributed by atoms with E-state index in [0.29, 0.717) is 19.4 Å². The minimum absolute atomic E-state index is 0.195. The summed E-state index contributed by atoms with van der Waals surface area (Å²) < 4.78 is 11.8. The van der Waals surface area contributed by atoms with Crippen LogP contribution in [0.15, 0.2) is 78.9 Å². The molecule has 0 spiro atoms. The fourth-order valence-corrected chi connectivity index (χ4v) is 3.78. The van der Waals surface area contributed by atoms with Crippen molar-refractivity contribution >= 4 is 5.97 Å². The standard InChI is InChI=1S/C26H27NO4/c28-26(29)22-14-16-27(17-15-22)18-19-30-23-10-12-25(13-11-23)31-24-8-6-21(7-9-24)20-4-2-1-3-5-20/h1-13,22H,14-19H2,(H,28,29). The Labute approximate surface area is 182 Å². The molecule has 31 heavy (non-hydrogen) atoms. The number of piperidine rings is 1. The highest BCUT2D eigenvalue weighted by atomic mass is 16.5. The van der Waals surface area contributed by atoms with E-state index in [4.69, 9.17) is 14.6 Å². The Hall–Kier alpha value is -3.31. The highest BCUT2D eigenvalue weighted by molar-refractivity contribution is 5.70. The summed E-state index contributed by atoms with van der Waals surface area (Å²) in [4.78, 5) is 13.3. The molecule has 0 aromatic heterocycles. The Morgan fingerprint density at radius 3 is 1.97 bits per heavy atom. The molecule has 0 saturated carbocycles. The van der Waals surface area contributed by atoms with Crippen LogP contribution in [0.3, 0.4) is 0 Å². The highest BCUT2D eigenvalue weighted by Crippen LogP contribution is 2.27. The van der Waals surface area contributed by atoms with Gasteiger partial charge < -0.3 is 14.6 Å². The van der Waals surface area contributed by atoms with Crippen molar-refractivity contribution in [2.24, 2.45) is 5.92 Å². The van der Waals surface area contributed by atoms with E-state index in [1.807, 2.05) is 54.6 Å². The van der Waals surface area contributed by atoms with E-state index in [0.717, 1.165) is 42.4 Å². The quantitative estimate of drug-likeness (QED) is 0.537. The third-order valence-corrected chi connectivity index (χ3v) is 5.63. The van der Waals surface area contributed by atoms with Crippen LogP contribution < -0.4 is 9.47 Å². The van der Waals surface area contributed by atoms with E-state index in [-0.39, 0.29) is 5.92 Å². The van der Waals surface area contributed by atoms with Crippen LogP contribution in [-0.4, -0.2) is 42.2 Å². The molecule has 1 aliphatic heterocycles. The van der Waals surface area contributed by atoms with E-state index in [2.05, 4.69) is 29.2 Å². The summed E-state index contributed by atoms with van der Waals surface area (Å²) in [6.07, 6.45) is 1.43. The minimum atomic E-state index is -0.676. The number of hydrogen-bond acceptors (Lipinski definition) is 4. The molecular formula is C26H27NO4. The van der Waals surface area contributed by atoms with Crippen LogP contribution in [0.5, 0.6) is 17.2 Å². The molecule has 0 atom stereocenters. The lowest BCUT2D eigenvalue weighted by Gasteiger charge is -2.29. The van der Waals surface area contributed by atoms with Crippen molar-refractivity contribution in [3.8, 4) is 28.4 Å². The molecule has 5 heteroatoms. The van der Waals surface area contributed by atoms with Gasteiger partial charge in [-0.2, -0.15) is 0 Å². The van der Waals surface area contributed by atoms with Crippen LogP contribution in [0.2, 0.25) is 0 Å². The number of likely N-dealkylation sites (tertiary alicyclic amines) is 1. The number of carboxylic acids is 1. The predicted molar refractivity (Wildman–Crippen MR) is 121 cm³/mol. The molecule has 0 unspecified atom stereocenters. The summed E-state index contributed by atoms with van der Waals surface area (Å²) >= 11 is 0. The third kappa shape index (κ3) is 5.86. The molecule has 4 rings (SSSR count). The fourth-order valence-electron chi connectivity index (χ4n) is 3.78. The van der Waals surface area contributed by atoms with Gasteiger partial charge in [-0.3, -0.25) is 9.69 Å². The Morgan fingerprint density at radius 1 is 0.806 bits per heavy atom. The summed E-state index contributed by atoms with van der Waals surface area (Å²) in [5.41, 5.74) is 2.34. The number of nitrogens with zero attached hydrogens (tertiary/aromatic N) is 1. The van der Waals surface area contributed by atoms with Crippen molar-refractivity contribution in [2.75, 3.05) is 26.2 Å². The smallest absolute Gasteiger partial charge is 0.306 e. The topological polar surface area (TPSA) is 59.0 Å². The summed E-state index contributed by atoms with van der Waals surface area (Å²) in [5.74, 6) is 1.48. The highest BCUT2D eigenvalue weighted by Gasteiger charge is 2.24. The Morgan fingerprint density at radius 2 is 1.35 bits per heavy atom. The van der Waals surface area contributed by atoms with Gasteiger partial charge in [0.15, 0.2) is 0 Å². The number of hydrogen-bond donors (Lipinski definition) is 1. The van der Waals surface area contributed by atoms with Crippen molar-refractivity contribution in [3.63, 3.8) is 0 Å². The van der Waals surface area contributed by atoms with Gasteiger partial charge in [-0.15, -0.1) is 0 Å². The zero-order valence-electron chi connectivity index (χ0n) is 17.4. The van der Waals surface area contributed by atoms with Gasteiger partial charge in [-0.1, -0.05) is 42.5 Å². The second-order valence-electron chi connectivity index (χ2n) is 7.77. The summed E-state index contributed by atoms with van der Waals surface area (Å²) in [5, 5.41) is 9.07. The summed E-state index contributed by atoms with van der Waals surface area (Å²) in [6.45, 7) is 3.02. The Balaban J connectivity index is 1.23. The normalized spacial score (nSPS) is 14.8. The fraction of sp³-hybridized carbons (Fsp3) is 0.269. The van der Waals surface area contributed by atoms with Crippen LogP contribution in [-0.2, 0) is 4.79 Å². The van der Waals surface area contributed by atoms with Crippen molar-refractivity contribution in [1.29, 1.82) is 0 Å². The van der Waals surface area contributed by atoms with Gasteiger partial charge in [0.2, 0.25) is 0 Å². The molecule has 0 radical (unpaired) electrons. The van der Waals surface area contributed by atoms with Gasteiger partial charge in [-0.05, 0) is 73.5 Å². The van der Waals surface area contributed by atoms with Gasteiger partial charge in [0.1, 0.15) is 23.9 Å². The first kappa shape index (κ1) is 20.9. The maximum atomic E-state index is 11.0. The van der Waals surface area contributed by atoms with Crippen molar-refractivity contribution < 1.29 is 19.4 Å². The average molecular weight is 418 g/mol. The Bertz CT molecular complexity index is 963. The molecule has 1 heterocycles. The number of ether oxygens (including phenoxy) is 2. The minimum Gasteiger partial charge on any atom is -0.492 e. The molecule has 5 nitrogen and oxygen atoms in total. The maximum Gasteiger partial charge on any atom is 0.306 e. The maximum absolute atomic E-state index is 11.0. The summed E-state index contributed by atoms with van der Waals surface area (Å²) in [6, 6.07) is 25.9. The lowest BCUT2D eigenvalue weighted by Crippen LogP contribution is -2.38. The lowest BCUT2D eigenvalue weighted by molar-refractivity contribution is -0.143. The molecule has 0 aliphatic carbocycles. The zero-order valence-corrected chi connectivity index (χ0v) is 17.4. The van der Waals surface area contributed by atoms with E-state index in [1.54, 1.807) is 0 Å². The van der Waals surface area contributed by atoms with E-state index < -0.39 is 5.97 Å². The first-order chi connectivity index (χ1) is 15.2. The Kier molecular flexibility index (Phi) is 6.85. The van der Waals surface area contributed by atoms with Gasteiger partial charge in [0, 0.05) is 6.54 Å². The van der Waals surface area contributed by atoms with E-state index in [1.165, 1.54) is 5.56 Å². The van der Waals surface area contributed by atoms with E-state index in [9.17, 15) is 4.79 Å². The van der Waals surface area contributed by atoms with Crippen LogP contribution in [0, 0.1) is 5.92 Å². The van der Waals surface area contributed by atoms with Gasteiger partial charge in [-0.25, -0.2) is 0 Å². The van der Waals surface area contributed by atoms with Crippen LogP contribution >= 0.6 is 0 Å². The molecule has 0 amide bonds. The van der Waals surface area contributed by atoms with Crippen molar-refractivity contribution in [2.45, 2.75) is 12.8 Å². The van der Waals surface area contributed by atoms with Gasteiger partial charge in [0.25, 0.3) is 0 Å². The number of carbonyl (C=O) groups is 1. The van der Waals surface area contributed by atoms with Crippen molar-refractivity contribution in [1.82, 2.24) is 4.90 Å². The molecule has 1 aliphatic rings. The molecule has 3 aromatic rings. The number of rotatable bonds is 8. The molecule has 3 aromatic carbocycles. The largest absolute Gasteiger partial charge is 0.492 e. The number of carboxylic acid groups (broad SMARTS) is 1. The second kappa shape index (κ2) is 10.1. The number of aliphatic carboxylic acids is 1. The summed E-state index contributed by atoms with van der Waals surface area (Å²) in [7, 11) is 0. The average Bonchev–Trinajstić information content (AvgIpc) is 2.82. The van der Waals surface area contributed by atoms with Gasteiger partial charge >= 0.3 is 5.97 Å². The third-order valence-electron chi connectivity index (χ3n) is 5.63. The first-order valence-corrected chi connectivity index (χ1v) is 10.7. The number of benzene rings is 3. The monoisotopic (exact) mass is 417 g/mol. The van der Waals surface area contributed by atoms with Gasteiger partial charge in [0.05, 0.1) is 5.92 Å².